The molecule has 3 N–H and O–H groups in total. The smallest absolute Gasteiger partial charge is 0.0626 e. The van der Waals surface area contributed by atoms with Crippen molar-refractivity contribution in [2.75, 3.05) is 20.2 Å². The Labute approximate surface area is 93.6 Å². The molecular formula is C12H26N2O. The van der Waals surface area contributed by atoms with Crippen LogP contribution in [0.5, 0.6) is 0 Å². The largest absolute Gasteiger partial charge is 0.394 e. The summed E-state index contributed by atoms with van der Waals surface area (Å²) in [5, 5.41) is 9.41. The number of hydrogen-bond acceptors (Lipinski definition) is 3. The van der Waals surface area contributed by atoms with E-state index < -0.39 is 0 Å². The second-order valence-electron chi connectivity index (χ2n) is 5.57. The molecule has 15 heavy (non-hydrogen) atoms. The van der Waals surface area contributed by atoms with E-state index in [1.54, 1.807) is 0 Å². The molecule has 0 aromatic carbocycles. The van der Waals surface area contributed by atoms with Crippen molar-refractivity contribution in [3.63, 3.8) is 0 Å². The highest BCUT2D eigenvalue weighted by Gasteiger charge is 2.42. The van der Waals surface area contributed by atoms with Gasteiger partial charge in [-0.05, 0) is 38.6 Å². The minimum Gasteiger partial charge on any atom is -0.394 e. The first-order chi connectivity index (χ1) is 6.90. The van der Waals surface area contributed by atoms with E-state index in [1.165, 1.54) is 12.8 Å². The molecular weight excluding hydrogens is 188 g/mol. The fourth-order valence-corrected chi connectivity index (χ4v) is 2.08. The van der Waals surface area contributed by atoms with Gasteiger partial charge in [0.05, 0.1) is 12.1 Å². The molecule has 3 heteroatoms. The van der Waals surface area contributed by atoms with Crippen molar-refractivity contribution in [1.29, 1.82) is 0 Å². The van der Waals surface area contributed by atoms with E-state index in [0.29, 0.717) is 17.9 Å². The number of nitrogens with two attached hydrogens (primary N) is 1. The molecule has 0 radical (unpaired) electrons. The zero-order valence-corrected chi connectivity index (χ0v) is 10.5. The second kappa shape index (κ2) is 4.81. The van der Waals surface area contributed by atoms with Crippen LogP contribution in [0.1, 0.15) is 33.6 Å². The van der Waals surface area contributed by atoms with Crippen molar-refractivity contribution in [1.82, 2.24) is 4.90 Å². The summed E-state index contributed by atoms with van der Waals surface area (Å²) in [6.07, 6.45) is 2.36. The molecule has 1 saturated carbocycles. The SMILES string of the molecule is CC(C)C(C)N(C)CC(N)(CO)C1CC1. The Kier molecular flexibility index (Phi) is 4.15. The molecule has 0 spiro atoms. The van der Waals surface area contributed by atoms with Crippen LogP contribution in [-0.4, -0.2) is 41.8 Å². The van der Waals surface area contributed by atoms with Gasteiger partial charge in [-0.25, -0.2) is 0 Å². The summed E-state index contributed by atoms with van der Waals surface area (Å²) < 4.78 is 0. The van der Waals surface area contributed by atoms with Crippen molar-refractivity contribution in [2.24, 2.45) is 17.6 Å². The van der Waals surface area contributed by atoms with E-state index in [1.807, 2.05) is 0 Å². The average molecular weight is 214 g/mol. The molecule has 0 heterocycles. The zero-order chi connectivity index (χ0) is 11.6. The third-order valence-corrected chi connectivity index (χ3v) is 3.89. The van der Waals surface area contributed by atoms with Gasteiger partial charge in [-0.1, -0.05) is 13.8 Å². The Morgan fingerprint density at radius 1 is 1.40 bits per heavy atom. The predicted molar refractivity (Wildman–Crippen MR) is 63.7 cm³/mol. The Morgan fingerprint density at radius 3 is 2.27 bits per heavy atom. The molecule has 0 bridgehead atoms. The zero-order valence-electron chi connectivity index (χ0n) is 10.5. The summed E-state index contributed by atoms with van der Waals surface area (Å²) in [6, 6.07) is 0.512. The molecule has 1 rings (SSSR count). The fourth-order valence-electron chi connectivity index (χ4n) is 2.08. The molecule has 0 saturated heterocycles. The molecule has 90 valence electrons. The molecule has 1 aliphatic carbocycles. The highest BCUT2D eigenvalue weighted by atomic mass is 16.3. The third-order valence-electron chi connectivity index (χ3n) is 3.89. The van der Waals surface area contributed by atoms with Crippen LogP contribution in [0.15, 0.2) is 0 Å². The van der Waals surface area contributed by atoms with Crippen LogP contribution in [0.4, 0.5) is 0 Å². The number of rotatable bonds is 6. The molecule has 0 aromatic rings. The summed E-state index contributed by atoms with van der Waals surface area (Å²) >= 11 is 0. The van der Waals surface area contributed by atoms with Gasteiger partial charge in [0, 0.05) is 12.6 Å². The number of aliphatic hydroxyl groups is 1. The number of likely N-dealkylation sites (N-methyl/N-ethyl adjacent to an activating group) is 1. The van der Waals surface area contributed by atoms with Gasteiger partial charge >= 0.3 is 0 Å². The predicted octanol–water partition coefficient (Wildman–Crippen LogP) is 1.06. The Bertz CT molecular complexity index is 204. The standard InChI is InChI=1S/C12H26N2O/c1-9(2)10(3)14(4)7-12(13,8-15)11-5-6-11/h9-11,15H,5-8,13H2,1-4H3. The molecule has 3 nitrogen and oxygen atoms in total. The minimum absolute atomic E-state index is 0.104. The lowest BCUT2D eigenvalue weighted by Crippen LogP contribution is -2.56. The minimum atomic E-state index is -0.377. The lowest BCUT2D eigenvalue weighted by atomic mass is 9.93. The lowest BCUT2D eigenvalue weighted by molar-refractivity contribution is 0.103. The first-order valence-electron chi connectivity index (χ1n) is 6.00. The normalized spacial score (nSPS) is 23.2. The van der Waals surface area contributed by atoms with Gasteiger partial charge in [0.1, 0.15) is 0 Å². The van der Waals surface area contributed by atoms with Crippen LogP contribution in [0.3, 0.4) is 0 Å². The Balaban J connectivity index is 2.50. The fraction of sp³-hybridized carbons (Fsp3) is 1.00. The molecule has 2 unspecified atom stereocenters. The van der Waals surface area contributed by atoms with Crippen molar-refractivity contribution in [3.8, 4) is 0 Å². The van der Waals surface area contributed by atoms with Crippen molar-refractivity contribution >= 4 is 0 Å². The Morgan fingerprint density at radius 2 is 1.93 bits per heavy atom. The second-order valence-corrected chi connectivity index (χ2v) is 5.57. The molecule has 1 aliphatic rings. The summed E-state index contributed by atoms with van der Waals surface area (Å²) in [5.41, 5.74) is 5.87. The molecule has 0 aromatic heterocycles. The summed E-state index contributed by atoms with van der Waals surface area (Å²) in [5.74, 6) is 1.15. The topological polar surface area (TPSA) is 49.5 Å². The van der Waals surface area contributed by atoms with E-state index in [0.717, 1.165) is 6.54 Å². The average Bonchev–Trinajstić information content (AvgIpc) is 2.99. The number of aliphatic hydroxyl groups excluding tert-OH is 1. The van der Waals surface area contributed by atoms with Gasteiger partial charge in [0.15, 0.2) is 0 Å². The highest BCUT2D eigenvalue weighted by molar-refractivity contribution is 5.00. The first-order valence-corrected chi connectivity index (χ1v) is 6.00. The molecule has 1 fully saturated rings. The van der Waals surface area contributed by atoms with Crippen LogP contribution in [-0.2, 0) is 0 Å². The number of nitrogens with zero attached hydrogens (tertiary/aromatic N) is 1. The summed E-state index contributed by atoms with van der Waals surface area (Å²) in [7, 11) is 2.10. The van der Waals surface area contributed by atoms with Gasteiger partial charge < -0.3 is 15.7 Å². The van der Waals surface area contributed by atoms with E-state index in [9.17, 15) is 5.11 Å². The van der Waals surface area contributed by atoms with Gasteiger partial charge in [-0.2, -0.15) is 0 Å². The van der Waals surface area contributed by atoms with Gasteiger partial charge in [-0.3, -0.25) is 0 Å². The van der Waals surface area contributed by atoms with E-state index in [2.05, 4.69) is 32.7 Å². The van der Waals surface area contributed by atoms with Gasteiger partial charge in [0.2, 0.25) is 0 Å². The van der Waals surface area contributed by atoms with Crippen LogP contribution in [0.25, 0.3) is 0 Å². The Hall–Kier alpha value is -0.120. The van der Waals surface area contributed by atoms with E-state index >= 15 is 0 Å². The molecule has 0 aliphatic heterocycles. The monoisotopic (exact) mass is 214 g/mol. The van der Waals surface area contributed by atoms with E-state index in [-0.39, 0.29) is 12.1 Å². The van der Waals surface area contributed by atoms with Crippen LogP contribution in [0, 0.1) is 11.8 Å². The summed E-state index contributed by atoms with van der Waals surface area (Å²) in [6.45, 7) is 7.56. The number of hydrogen-bond donors (Lipinski definition) is 2. The molecule has 2 atom stereocenters. The maximum atomic E-state index is 9.41. The van der Waals surface area contributed by atoms with Crippen LogP contribution >= 0.6 is 0 Å². The van der Waals surface area contributed by atoms with Crippen molar-refractivity contribution in [3.05, 3.63) is 0 Å². The molecule has 0 amide bonds. The maximum Gasteiger partial charge on any atom is 0.0626 e. The first kappa shape index (κ1) is 12.9. The van der Waals surface area contributed by atoms with E-state index in [4.69, 9.17) is 5.73 Å². The quantitative estimate of drug-likeness (QED) is 0.695. The highest BCUT2D eigenvalue weighted by Crippen LogP contribution is 2.38. The lowest BCUT2D eigenvalue weighted by Gasteiger charge is -2.36. The van der Waals surface area contributed by atoms with Crippen molar-refractivity contribution in [2.45, 2.75) is 45.2 Å². The van der Waals surface area contributed by atoms with Crippen LogP contribution < -0.4 is 5.73 Å². The third kappa shape index (κ3) is 3.16. The van der Waals surface area contributed by atoms with Gasteiger partial charge in [-0.15, -0.1) is 0 Å². The maximum absolute atomic E-state index is 9.41. The van der Waals surface area contributed by atoms with Crippen LogP contribution in [0.2, 0.25) is 0 Å². The van der Waals surface area contributed by atoms with Gasteiger partial charge in [0.25, 0.3) is 0 Å². The van der Waals surface area contributed by atoms with Crippen molar-refractivity contribution < 1.29 is 5.11 Å². The summed E-state index contributed by atoms with van der Waals surface area (Å²) in [4.78, 5) is 2.28.